The average molecular weight is 326 g/mol. The summed E-state index contributed by atoms with van der Waals surface area (Å²) in [4.78, 5) is 0. The van der Waals surface area contributed by atoms with Crippen molar-refractivity contribution in [3.8, 4) is 0 Å². The van der Waals surface area contributed by atoms with Crippen LogP contribution in [0.4, 0.5) is 0 Å². The van der Waals surface area contributed by atoms with Gasteiger partial charge in [0.05, 0.1) is 11.8 Å². The smallest absolute Gasteiger partial charge is 0.0665 e. The van der Waals surface area contributed by atoms with Gasteiger partial charge in [-0.2, -0.15) is 5.10 Å². The van der Waals surface area contributed by atoms with Crippen molar-refractivity contribution >= 4 is 0 Å². The van der Waals surface area contributed by atoms with Crippen LogP contribution in [0.5, 0.6) is 0 Å². The molecule has 130 valence electrons. The largest absolute Gasteiger partial charge is 0.393 e. The standard InChI is InChI=1S/C21H30N2O/c1-12-19-18(23-22-12)11-17-15-5-4-13-10-14(24)6-8-20(13,2)16(15)7-9-21(17,19)3/h4,14-17,24H,5-11H2,1-3H3,(H,22,23)/t14-,15+,16-,17+,20-,21-/m1/s1. The molecule has 4 aliphatic rings. The molecule has 3 nitrogen and oxygen atoms in total. The van der Waals surface area contributed by atoms with E-state index in [9.17, 15) is 5.11 Å². The Kier molecular flexibility index (Phi) is 3.01. The van der Waals surface area contributed by atoms with Crippen molar-refractivity contribution in [2.75, 3.05) is 0 Å². The molecule has 2 fully saturated rings. The zero-order valence-corrected chi connectivity index (χ0v) is 15.2. The van der Waals surface area contributed by atoms with E-state index < -0.39 is 0 Å². The predicted molar refractivity (Wildman–Crippen MR) is 94.7 cm³/mol. The number of nitrogens with zero attached hydrogens (tertiary/aromatic N) is 1. The van der Waals surface area contributed by atoms with E-state index >= 15 is 0 Å². The summed E-state index contributed by atoms with van der Waals surface area (Å²) >= 11 is 0. The Morgan fingerprint density at radius 2 is 1.92 bits per heavy atom. The number of aromatic nitrogens is 2. The maximum Gasteiger partial charge on any atom is 0.0665 e. The molecule has 2 saturated carbocycles. The van der Waals surface area contributed by atoms with Crippen molar-refractivity contribution in [1.29, 1.82) is 0 Å². The van der Waals surface area contributed by atoms with Crippen LogP contribution in [0.2, 0.25) is 0 Å². The van der Waals surface area contributed by atoms with Crippen molar-refractivity contribution in [1.82, 2.24) is 10.2 Å². The maximum absolute atomic E-state index is 10.1. The average Bonchev–Trinajstić information content (AvgIpc) is 3.06. The molecule has 0 aliphatic heterocycles. The summed E-state index contributed by atoms with van der Waals surface area (Å²) in [6.07, 6.45) is 10.5. The first kappa shape index (κ1) is 15.2. The summed E-state index contributed by atoms with van der Waals surface area (Å²) in [5, 5.41) is 18.0. The summed E-state index contributed by atoms with van der Waals surface area (Å²) in [5.41, 5.74) is 6.42. The lowest BCUT2D eigenvalue weighted by molar-refractivity contribution is -0.0166. The van der Waals surface area contributed by atoms with E-state index in [0.29, 0.717) is 10.8 Å². The van der Waals surface area contributed by atoms with Crippen LogP contribution >= 0.6 is 0 Å². The highest BCUT2D eigenvalue weighted by atomic mass is 16.3. The van der Waals surface area contributed by atoms with E-state index in [2.05, 4.69) is 37.0 Å². The van der Waals surface area contributed by atoms with E-state index in [1.54, 1.807) is 11.1 Å². The number of rotatable bonds is 0. The van der Waals surface area contributed by atoms with Crippen molar-refractivity contribution in [2.24, 2.45) is 23.2 Å². The minimum atomic E-state index is -0.103. The molecule has 0 bridgehead atoms. The van der Waals surface area contributed by atoms with Crippen molar-refractivity contribution in [3.63, 3.8) is 0 Å². The van der Waals surface area contributed by atoms with Gasteiger partial charge in [-0.05, 0) is 80.5 Å². The molecule has 6 atom stereocenters. The van der Waals surface area contributed by atoms with Crippen molar-refractivity contribution < 1.29 is 5.11 Å². The van der Waals surface area contributed by atoms with Crippen LogP contribution < -0.4 is 0 Å². The summed E-state index contributed by atoms with van der Waals surface area (Å²) in [6, 6.07) is 0. The minimum absolute atomic E-state index is 0.103. The van der Waals surface area contributed by atoms with Gasteiger partial charge in [-0.15, -0.1) is 0 Å². The van der Waals surface area contributed by atoms with E-state index in [1.807, 2.05) is 0 Å². The van der Waals surface area contributed by atoms with E-state index in [-0.39, 0.29) is 6.10 Å². The van der Waals surface area contributed by atoms with Gasteiger partial charge in [0, 0.05) is 11.3 Å². The molecule has 0 radical (unpaired) electrons. The first-order valence-corrected chi connectivity index (χ1v) is 9.85. The molecular formula is C21H30N2O. The second kappa shape index (κ2) is 4.75. The Labute approximate surface area is 144 Å². The second-order valence-electron chi connectivity index (χ2n) is 9.49. The molecular weight excluding hydrogens is 296 g/mol. The number of aromatic amines is 1. The number of aliphatic hydroxyl groups is 1. The molecule has 2 N–H and O–H groups in total. The SMILES string of the molecule is Cc1[nH]nc2c1[C@]1(C)CC[C@@H]3[C@H](CC=C4C[C@H](O)CC[C@]43C)[C@@H]1C2. The highest BCUT2D eigenvalue weighted by molar-refractivity contribution is 5.41. The van der Waals surface area contributed by atoms with Gasteiger partial charge < -0.3 is 5.11 Å². The van der Waals surface area contributed by atoms with Gasteiger partial charge in [-0.3, -0.25) is 5.10 Å². The van der Waals surface area contributed by atoms with Gasteiger partial charge in [0.15, 0.2) is 0 Å². The quantitative estimate of drug-likeness (QED) is 0.707. The fourth-order valence-corrected chi connectivity index (χ4v) is 7.24. The third-order valence-corrected chi connectivity index (χ3v) is 8.47. The molecule has 3 heteroatoms. The van der Waals surface area contributed by atoms with Gasteiger partial charge in [0.1, 0.15) is 0 Å². The lowest BCUT2D eigenvalue weighted by Crippen LogP contribution is -2.51. The molecule has 1 aromatic rings. The van der Waals surface area contributed by atoms with Crippen LogP contribution in [0.25, 0.3) is 0 Å². The first-order valence-electron chi connectivity index (χ1n) is 9.85. The number of hydrogen-bond donors (Lipinski definition) is 2. The zero-order valence-electron chi connectivity index (χ0n) is 15.2. The van der Waals surface area contributed by atoms with Crippen LogP contribution in [-0.2, 0) is 11.8 Å². The number of aryl methyl sites for hydroxylation is 1. The Morgan fingerprint density at radius 3 is 2.75 bits per heavy atom. The first-order chi connectivity index (χ1) is 11.4. The Morgan fingerprint density at radius 1 is 1.12 bits per heavy atom. The summed E-state index contributed by atoms with van der Waals surface area (Å²) in [5.74, 6) is 2.35. The van der Waals surface area contributed by atoms with Crippen molar-refractivity contribution in [2.45, 2.75) is 77.2 Å². The molecule has 0 saturated heterocycles. The van der Waals surface area contributed by atoms with E-state index in [1.165, 1.54) is 43.5 Å². The molecule has 0 amide bonds. The Balaban J connectivity index is 1.54. The van der Waals surface area contributed by atoms with Crippen molar-refractivity contribution in [3.05, 3.63) is 28.6 Å². The minimum Gasteiger partial charge on any atom is -0.393 e. The fraction of sp³-hybridized carbons (Fsp3) is 0.762. The van der Waals surface area contributed by atoms with Crippen LogP contribution in [0.15, 0.2) is 11.6 Å². The number of nitrogens with one attached hydrogen (secondary N) is 1. The topological polar surface area (TPSA) is 48.9 Å². The molecule has 0 unspecified atom stereocenters. The van der Waals surface area contributed by atoms with Crippen LogP contribution in [0, 0.1) is 30.1 Å². The molecule has 0 spiro atoms. The molecule has 1 heterocycles. The number of aliphatic hydroxyl groups excluding tert-OH is 1. The van der Waals surface area contributed by atoms with E-state index in [0.717, 1.165) is 30.6 Å². The highest BCUT2D eigenvalue weighted by Crippen LogP contribution is 2.64. The molecule has 0 aromatic carbocycles. The third kappa shape index (κ3) is 1.75. The van der Waals surface area contributed by atoms with Gasteiger partial charge in [0.25, 0.3) is 0 Å². The van der Waals surface area contributed by atoms with Gasteiger partial charge in [-0.1, -0.05) is 25.5 Å². The lowest BCUT2D eigenvalue weighted by Gasteiger charge is -2.57. The summed E-state index contributed by atoms with van der Waals surface area (Å²) in [7, 11) is 0. The number of fused-ring (bicyclic) bond motifs is 7. The summed E-state index contributed by atoms with van der Waals surface area (Å²) < 4.78 is 0. The fourth-order valence-electron chi connectivity index (χ4n) is 7.24. The zero-order chi connectivity index (χ0) is 16.7. The molecule has 4 aliphatic carbocycles. The van der Waals surface area contributed by atoms with Gasteiger partial charge >= 0.3 is 0 Å². The maximum atomic E-state index is 10.1. The monoisotopic (exact) mass is 326 g/mol. The van der Waals surface area contributed by atoms with Crippen LogP contribution in [-0.4, -0.2) is 21.4 Å². The summed E-state index contributed by atoms with van der Waals surface area (Å²) in [6.45, 7) is 7.21. The van der Waals surface area contributed by atoms with Gasteiger partial charge in [-0.25, -0.2) is 0 Å². The highest BCUT2D eigenvalue weighted by Gasteiger charge is 2.58. The Hall–Kier alpha value is -1.09. The number of hydrogen-bond acceptors (Lipinski definition) is 2. The van der Waals surface area contributed by atoms with Crippen LogP contribution in [0.3, 0.4) is 0 Å². The third-order valence-electron chi connectivity index (χ3n) is 8.47. The molecule has 24 heavy (non-hydrogen) atoms. The molecule has 1 aromatic heterocycles. The Bertz CT molecular complexity index is 719. The number of allylic oxidation sites excluding steroid dienone is 1. The number of H-pyrrole nitrogens is 1. The van der Waals surface area contributed by atoms with E-state index in [4.69, 9.17) is 0 Å². The normalized spacial score (nSPS) is 46.6. The molecule has 5 rings (SSSR count). The lowest BCUT2D eigenvalue weighted by atomic mass is 9.47. The second-order valence-corrected chi connectivity index (χ2v) is 9.49. The predicted octanol–water partition coefficient (Wildman–Crippen LogP) is 4.06. The van der Waals surface area contributed by atoms with Gasteiger partial charge in [0.2, 0.25) is 0 Å². The van der Waals surface area contributed by atoms with Crippen LogP contribution in [0.1, 0.15) is 69.3 Å².